The fraction of sp³-hybridized carbons (Fsp3) is 0.179. The molecular formula is C28H26N2O6. The molecule has 1 aliphatic rings. The van der Waals surface area contributed by atoms with Gasteiger partial charge in [-0.15, -0.1) is 0 Å². The minimum Gasteiger partial charge on any atom is -0.490 e. The molecule has 0 aliphatic carbocycles. The van der Waals surface area contributed by atoms with E-state index in [2.05, 4.69) is 10.6 Å². The maximum Gasteiger partial charge on any atom is 0.343 e. The Labute approximate surface area is 208 Å². The van der Waals surface area contributed by atoms with Crippen LogP contribution in [0.15, 0.2) is 84.4 Å². The Morgan fingerprint density at radius 2 is 1.53 bits per heavy atom. The summed E-state index contributed by atoms with van der Waals surface area (Å²) in [4.78, 5) is 38.3. The average Bonchev–Trinajstić information content (AvgIpc) is 2.90. The largest absolute Gasteiger partial charge is 0.490 e. The second-order valence-electron chi connectivity index (χ2n) is 7.80. The van der Waals surface area contributed by atoms with E-state index in [1.165, 1.54) is 0 Å². The van der Waals surface area contributed by atoms with Gasteiger partial charge >= 0.3 is 18.0 Å². The van der Waals surface area contributed by atoms with Crippen LogP contribution in [0.3, 0.4) is 0 Å². The molecule has 3 aromatic rings. The van der Waals surface area contributed by atoms with Gasteiger partial charge in [-0.1, -0.05) is 54.6 Å². The van der Waals surface area contributed by atoms with Crippen molar-refractivity contribution in [2.24, 2.45) is 0 Å². The summed E-state index contributed by atoms with van der Waals surface area (Å²) in [6.07, 6.45) is 0. The predicted octanol–water partition coefficient (Wildman–Crippen LogP) is 4.63. The van der Waals surface area contributed by atoms with E-state index in [-0.39, 0.29) is 17.9 Å². The zero-order valence-corrected chi connectivity index (χ0v) is 19.9. The minimum atomic E-state index is -0.828. The summed E-state index contributed by atoms with van der Waals surface area (Å²) in [5.41, 5.74) is 2.23. The van der Waals surface area contributed by atoms with Crippen LogP contribution in [0.4, 0.5) is 4.79 Å². The monoisotopic (exact) mass is 486 g/mol. The highest BCUT2D eigenvalue weighted by Crippen LogP contribution is 2.37. The van der Waals surface area contributed by atoms with Crippen molar-refractivity contribution in [2.75, 3.05) is 13.2 Å². The highest BCUT2D eigenvalue weighted by atomic mass is 16.6. The predicted molar refractivity (Wildman–Crippen MR) is 133 cm³/mol. The van der Waals surface area contributed by atoms with E-state index in [0.29, 0.717) is 34.7 Å². The number of amides is 2. The molecule has 184 valence electrons. The molecule has 1 atom stereocenters. The van der Waals surface area contributed by atoms with Gasteiger partial charge in [0.15, 0.2) is 11.5 Å². The van der Waals surface area contributed by atoms with E-state index in [0.717, 1.165) is 0 Å². The van der Waals surface area contributed by atoms with E-state index in [1.807, 2.05) is 24.3 Å². The maximum atomic E-state index is 13.1. The van der Waals surface area contributed by atoms with E-state index in [1.54, 1.807) is 68.4 Å². The highest BCUT2D eigenvalue weighted by molar-refractivity contribution is 6.04. The van der Waals surface area contributed by atoms with Crippen LogP contribution in [0.5, 0.6) is 11.5 Å². The molecule has 2 N–H and O–H groups in total. The van der Waals surface area contributed by atoms with Crippen LogP contribution in [-0.2, 0) is 9.53 Å². The summed E-state index contributed by atoms with van der Waals surface area (Å²) in [6, 6.07) is 21.3. The van der Waals surface area contributed by atoms with Crippen molar-refractivity contribution in [1.29, 1.82) is 0 Å². The topological polar surface area (TPSA) is 103 Å². The van der Waals surface area contributed by atoms with Gasteiger partial charge in [-0.05, 0) is 49.2 Å². The lowest BCUT2D eigenvalue weighted by atomic mass is 9.92. The van der Waals surface area contributed by atoms with Gasteiger partial charge in [-0.25, -0.2) is 14.4 Å². The van der Waals surface area contributed by atoms with Gasteiger partial charge < -0.3 is 24.8 Å². The Bertz CT molecular complexity index is 1290. The lowest BCUT2D eigenvalue weighted by molar-refractivity contribution is -0.138. The number of esters is 2. The van der Waals surface area contributed by atoms with Gasteiger partial charge in [0.1, 0.15) is 0 Å². The first-order valence-electron chi connectivity index (χ1n) is 11.6. The fourth-order valence-electron chi connectivity index (χ4n) is 3.87. The molecule has 2 amide bonds. The van der Waals surface area contributed by atoms with E-state index >= 15 is 0 Å². The molecule has 0 spiro atoms. The number of carbonyl (C=O) groups excluding carboxylic acids is 3. The van der Waals surface area contributed by atoms with Crippen molar-refractivity contribution in [1.82, 2.24) is 10.6 Å². The normalized spacial score (nSPS) is 14.9. The molecule has 8 heteroatoms. The second-order valence-corrected chi connectivity index (χ2v) is 7.80. The molecule has 0 saturated heterocycles. The molecule has 4 rings (SSSR count). The molecule has 0 aromatic heterocycles. The number of nitrogens with one attached hydrogen (secondary N) is 2. The van der Waals surface area contributed by atoms with Gasteiger partial charge in [0.05, 0.1) is 36.1 Å². The van der Waals surface area contributed by atoms with Gasteiger partial charge in [0.2, 0.25) is 0 Å². The molecule has 0 fully saturated rings. The number of hydrogen-bond donors (Lipinski definition) is 2. The molecule has 1 aliphatic heterocycles. The van der Waals surface area contributed by atoms with Crippen molar-refractivity contribution in [3.05, 3.63) is 101 Å². The van der Waals surface area contributed by atoms with Crippen molar-refractivity contribution >= 4 is 23.7 Å². The van der Waals surface area contributed by atoms with Crippen molar-refractivity contribution < 1.29 is 28.6 Å². The number of rotatable bonds is 8. The number of hydrogen-bond acceptors (Lipinski definition) is 6. The van der Waals surface area contributed by atoms with Crippen molar-refractivity contribution in [3.8, 4) is 11.5 Å². The molecule has 8 nitrogen and oxygen atoms in total. The highest BCUT2D eigenvalue weighted by Gasteiger charge is 2.35. The number of urea groups is 1. The van der Waals surface area contributed by atoms with Crippen LogP contribution < -0.4 is 20.1 Å². The van der Waals surface area contributed by atoms with E-state index in [9.17, 15) is 14.4 Å². The van der Waals surface area contributed by atoms with Crippen molar-refractivity contribution in [2.45, 2.75) is 19.9 Å². The molecule has 0 saturated carbocycles. The minimum absolute atomic E-state index is 0.170. The number of carbonyl (C=O) groups is 3. The van der Waals surface area contributed by atoms with Crippen LogP contribution in [0.25, 0.3) is 5.70 Å². The first-order valence-corrected chi connectivity index (χ1v) is 11.6. The summed E-state index contributed by atoms with van der Waals surface area (Å²) in [6.45, 7) is 4.00. The number of ether oxygens (including phenoxy) is 3. The third-order valence-electron chi connectivity index (χ3n) is 5.44. The van der Waals surface area contributed by atoms with Gasteiger partial charge in [0, 0.05) is 0 Å². The van der Waals surface area contributed by atoms with Gasteiger partial charge in [-0.3, -0.25) is 0 Å². The quantitative estimate of drug-likeness (QED) is 0.355. The van der Waals surface area contributed by atoms with Gasteiger partial charge in [-0.2, -0.15) is 0 Å². The van der Waals surface area contributed by atoms with Gasteiger partial charge in [0.25, 0.3) is 0 Å². The summed E-state index contributed by atoms with van der Waals surface area (Å²) in [7, 11) is 0. The van der Waals surface area contributed by atoms with Crippen molar-refractivity contribution in [3.63, 3.8) is 0 Å². The fourth-order valence-corrected chi connectivity index (χ4v) is 3.87. The molecule has 36 heavy (non-hydrogen) atoms. The molecule has 1 unspecified atom stereocenters. The Hall–Kier alpha value is -4.59. The van der Waals surface area contributed by atoms with Crippen LogP contribution in [0.1, 0.15) is 41.4 Å². The maximum absolute atomic E-state index is 13.1. The van der Waals surface area contributed by atoms with Crippen LogP contribution in [0, 0.1) is 0 Å². The lowest BCUT2D eigenvalue weighted by Crippen LogP contribution is -2.45. The number of benzene rings is 3. The molecule has 0 bridgehead atoms. The first kappa shape index (κ1) is 24.5. The van der Waals surface area contributed by atoms with E-state index in [4.69, 9.17) is 14.2 Å². The molecule has 3 aromatic carbocycles. The lowest BCUT2D eigenvalue weighted by Gasteiger charge is -2.30. The summed E-state index contributed by atoms with van der Waals surface area (Å²) >= 11 is 0. The third kappa shape index (κ3) is 5.38. The molecule has 1 heterocycles. The van der Waals surface area contributed by atoms with Crippen LogP contribution >= 0.6 is 0 Å². The summed E-state index contributed by atoms with van der Waals surface area (Å²) in [5, 5.41) is 5.55. The SMILES string of the molecule is CCOC(=O)C1=C(c2ccccc2)NC(=O)NC1c1ccc(OC(=O)c2ccccc2)c(OCC)c1. The Morgan fingerprint density at radius 3 is 2.19 bits per heavy atom. The van der Waals surface area contributed by atoms with Crippen LogP contribution in [0.2, 0.25) is 0 Å². The zero-order chi connectivity index (χ0) is 25.5. The Balaban J connectivity index is 1.76. The summed E-state index contributed by atoms with van der Waals surface area (Å²) in [5.74, 6) is -0.569. The molecule has 0 radical (unpaired) electrons. The van der Waals surface area contributed by atoms with E-state index < -0.39 is 24.0 Å². The summed E-state index contributed by atoms with van der Waals surface area (Å²) < 4.78 is 16.7. The molecular weight excluding hydrogens is 460 g/mol. The Kier molecular flexibility index (Phi) is 7.65. The second kappa shape index (κ2) is 11.2. The van der Waals surface area contributed by atoms with Crippen LogP contribution in [-0.4, -0.2) is 31.2 Å². The third-order valence-corrected chi connectivity index (χ3v) is 5.44. The first-order chi connectivity index (χ1) is 17.5. The standard InChI is InChI=1S/C28H26N2O6/c1-3-34-22-17-20(15-16-21(22)36-26(31)19-13-9-6-10-14-19)25-23(27(32)35-4-2)24(29-28(33)30-25)18-11-7-5-8-12-18/h5-17,25H,3-4H2,1-2H3,(H2,29,30,33). The zero-order valence-electron chi connectivity index (χ0n) is 19.9. The Morgan fingerprint density at radius 1 is 0.833 bits per heavy atom. The average molecular weight is 487 g/mol. The smallest absolute Gasteiger partial charge is 0.343 e.